The molecule has 62 heavy (non-hydrogen) atoms. The van der Waals surface area contributed by atoms with Crippen LogP contribution in [0, 0.1) is 0 Å². The lowest BCUT2D eigenvalue weighted by molar-refractivity contribution is 0.475. The molecular weight excluding hydrogens is 759 g/mol. The molecule has 0 radical (unpaired) electrons. The standard InChI is InChI=1S/C56H53N5O/c1-54(2,3)41-17-20-44(21-18-41)61-49-30-37(35-14-11-10-12-15-35)28-46(52(49)60-53(61)47-31-42(55(4,5)6)19-22-50(47)62)40-27-39(33-57-34-40)45-29-38(26-36-16-13-24-59-51(36)45)48-32-43(23-25-58-48)56(7,8)9/h10-34,62H,1-9H3. The van der Waals surface area contributed by atoms with E-state index in [1.807, 2.05) is 43.0 Å². The van der Waals surface area contributed by atoms with Crippen molar-refractivity contribution in [2.75, 3.05) is 0 Å². The molecule has 4 heterocycles. The maximum absolute atomic E-state index is 11.7. The van der Waals surface area contributed by atoms with Crippen LogP contribution >= 0.6 is 0 Å². The van der Waals surface area contributed by atoms with Gasteiger partial charge in [0.1, 0.15) is 11.6 Å². The van der Waals surface area contributed by atoms with Crippen molar-refractivity contribution in [3.63, 3.8) is 0 Å². The first kappa shape index (κ1) is 40.5. The van der Waals surface area contributed by atoms with Crippen LogP contribution in [0.3, 0.4) is 0 Å². The molecule has 5 aromatic carbocycles. The van der Waals surface area contributed by atoms with Crippen LogP contribution in [0.25, 0.3) is 83.6 Å². The van der Waals surface area contributed by atoms with E-state index in [2.05, 4.69) is 170 Å². The number of fused-ring (bicyclic) bond motifs is 2. The summed E-state index contributed by atoms with van der Waals surface area (Å²) >= 11 is 0. The van der Waals surface area contributed by atoms with Crippen LogP contribution in [0.5, 0.6) is 5.75 Å². The minimum Gasteiger partial charge on any atom is -0.507 e. The van der Waals surface area contributed by atoms with E-state index in [-0.39, 0.29) is 22.0 Å². The highest BCUT2D eigenvalue weighted by atomic mass is 16.3. The maximum Gasteiger partial charge on any atom is 0.149 e. The number of benzene rings is 5. The molecular formula is C56H53N5O. The van der Waals surface area contributed by atoms with Crippen molar-refractivity contribution in [1.82, 2.24) is 24.5 Å². The van der Waals surface area contributed by atoms with Crippen molar-refractivity contribution >= 4 is 21.9 Å². The fourth-order valence-electron chi connectivity index (χ4n) is 8.28. The van der Waals surface area contributed by atoms with Crippen molar-refractivity contribution in [2.24, 2.45) is 0 Å². The average molecular weight is 812 g/mol. The molecule has 0 spiro atoms. The molecule has 0 saturated carbocycles. The number of rotatable bonds is 6. The minimum absolute atomic E-state index is 0.0172. The third kappa shape index (κ3) is 7.66. The Balaban J connectivity index is 1.31. The highest BCUT2D eigenvalue weighted by Crippen LogP contribution is 2.43. The molecule has 4 aromatic heterocycles. The summed E-state index contributed by atoms with van der Waals surface area (Å²) in [6.45, 7) is 19.9. The molecule has 9 rings (SSSR count). The molecule has 0 bridgehead atoms. The smallest absolute Gasteiger partial charge is 0.149 e. The molecule has 0 amide bonds. The molecule has 0 saturated heterocycles. The zero-order chi connectivity index (χ0) is 43.6. The summed E-state index contributed by atoms with van der Waals surface area (Å²) in [5, 5.41) is 12.7. The van der Waals surface area contributed by atoms with Gasteiger partial charge in [0, 0.05) is 63.7 Å². The third-order valence-corrected chi connectivity index (χ3v) is 11.9. The molecule has 1 N–H and O–H groups in total. The SMILES string of the molecule is CC(C)(C)c1ccc(-n2c(-c3cc(C(C)(C)C)ccc3O)nc3c(-c4cncc(-c5cc(-c6cc(C(C)(C)C)ccn6)cc6cccnc56)c4)cc(-c4ccccc4)cc32)cc1. The van der Waals surface area contributed by atoms with Gasteiger partial charge in [0.25, 0.3) is 0 Å². The molecule has 0 aliphatic rings. The predicted molar refractivity (Wildman–Crippen MR) is 257 cm³/mol. The summed E-state index contributed by atoms with van der Waals surface area (Å²) in [7, 11) is 0. The summed E-state index contributed by atoms with van der Waals surface area (Å²) in [6, 6.07) is 44.5. The van der Waals surface area contributed by atoms with Crippen molar-refractivity contribution in [3.05, 3.63) is 169 Å². The fraction of sp³-hybridized carbons (Fsp3) is 0.214. The Morgan fingerprint density at radius 1 is 0.468 bits per heavy atom. The Hall–Kier alpha value is -6.92. The molecule has 0 unspecified atom stereocenters. The van der Waals surface area contributed by atoms with Gasteiger partial charge < -0.3 is 5.11 Å². The van der Waals surface area contributed by atoms with Crippen molar-refractivity contribution in [3.8, 4) is 67.5 Å². The number of aromatic nitrogens is 5. The quantitative estimate of drug-likeness (QED) is 0.181. The van der Waals surface area contributed by atoms with E-state index in [4.69, 9.17) is 19.9 Å². The van der Waals surface area contributed by atoms with Gasteiger partial charge in [0.15, 0.2) is 0 Å². The van der Waals surface area contributed by atoms with Crippen molar-refractivity contribution in [1.29, 1.82) is 0 Å². The minimum atomic E-state index is -0.146. The Labute approximate surface area is 365 Å². The number of nitrogens with zero attached hydrogens (tertiary/aromatic N) is 5. The molecule has 0 aliphatic carbocycles. The lowest BCUT2D eigenvalue weighted by Gasteiger charge is -2.21. The highest BCUT2D eigenvalue weighted by Gasteiger charge is 2.25. The normalized spacial score (nSPS) is 12.3. The van der Waals surface area contributed by atoms with Crippen molar-refractivity contribution < 1.29 is 5.11 Å². The molecule has 9 aromatic rings. The maximum atomic E-state index is 11.7. The van der Waals surface area contributed by atoms with E-state index >= 15 is 0 Å². The van der Waals surface area contributed by atoms with Crippen LogP contribution in [-0.4, -0.2) is 29.6 Å². The lowest BCUT2D eigenvalue weighted by atomic mass is 9.86. The topological polar surface area (TPSA) is 76.7 Å². The van der Waals surface area contributed by atoms with Gasteiger partial charge in [-0.1, -0.05) is 117 Å². The Bertz CT molecular complexity index is 3120. The molecule has 0 aliphatic heterocycles. The van der Waals surface area contributed by atoms with Crippen LogP contribution < -0.4 is 0 Å². The van der Waals surface area contributed by atoms with E-state index in [0.717, 1.165) is 77.8 Å². The van der Waals surface area contributed by atoms with Crippen molar-refractivity contribution in [2.45, 2.75) is 78.6 Å². The zero-order valence-electron chi connectivity index (χ0n) is 37.1. The zero-order valence-corrected chi connectivity index (χ0v) is 37.1. The molecule has 6 nitrogen and oxygen atoms in total. The first-order valence-corrected chi connectivity index (χ1v) is 21.4. The van der Waals surface area contributed by atoms with Crippen LogP contribution in [0.2, 0.25) is 0 Å². The van der Waals surface area contributed by atoms with Gasteiger partial charge in [-0.15, -0.1) is 0 Å². The number of phenolic OH excluding ortho intramolecular Hbond substituents is 1. The van der Waals surface area contributed by atoms with Gasteiger partial charge >= 0.3 is 0 Å². The fourth-order valence-corrected chi connectivity index (χ4v) is 8.28. The van der Waals surface area contributed by atoms with E-state index < -0.39 is 0 Å². The predicted octanol–water partition coefficient (Wildman–Crippen LogP) is 14.3. The Morgan fingerprint density at radius 2 is 1.11 bits per heavy atom. The van der Waals surface area contributed by atoms with Gasteiger partial charge in [-0.2, -0.15) is 0 Å². The first-order chi connectivity index (χ1) is 29.5. The lowest BCUT2D eigenvalue weighted by Crippen LogP contribution is -2.11. The molecule has 0 fully saturated rings. The second-order valence-corrected chi connectivity index (χ2v) is 19.5. The van der Waals surface area contributed by atoms with E-state index in [1.54, 1.807) is 6.07 Å². The van der Waals surface area contributed by atoms with Gasteiger partial charge in [-0.25, -0.2) is 4.98 Å². The molecule has 6 heteroatoms. The van der Waals surface area contributed by atoms with Gasteiger partial charge in [0.2, 0.25) is 0 Å². The summed E-state index contributed by atoms with van der Waals surface area (Å²) in [5.74, 6) is 0.840. The van der Waals surface area contributed by atoms with Crippen LogP contribution in [0.1, 0.15) is 79.0 Å². The summed E-state index contributed by atoms with van der Waals surface area (Å²) < 4.78 is 2.20. The highest BCUT2D eigenvalue weighted by molar-refractivity contribution is 6.01. The Morgan fingerprint density at radius 3 is 1.81 bits per heavy atom. The summed E-state index contributed by atoms with van der Waals surface area (Å²) in [4.78, 5) is 20.2. The van der Waals surface area contributed by atoms with Crippen LogP contribution in [0.4, 0.5) is 0 Å². The second kappa shape index (κ2) is 15.2. The monoisotopic (exact) mass is 811 g/mol. The summed E-state index contributed by atoms with van der Waals surface area (Å²) in [6.07, 6.45) is 7.60. The molecule has 308 valence electrons. The second-order valence-electron chi connectivity index (χ2n) is 19.5. The summed E-state index contributed by atoms with van der Waals surface area (Å²) in [5.41, 5.74) is 15.5. The first-order valence-electron chi connectivity index (χ1n) is 21.4. The average Bonchev–Trinajstić information content (AvgIpc) is 3.64. The number of phenols is 1. The molecule has 0 atom stereocenters. The van der Waals surface area contributed by atoms with Gasteiger partial charge in [0.05, 0.1) is 27.8 Å². The number of hydrogen-bond acceptors (Lipinski definition) is 5. The number of pyridine rings is 3. The Kier molecular flexibility index (Phi) is 9.93. The number of imidazole rings is 1. The van der Waals surface area contributed by atoms with E-state index in [1.165, 1.54) is 11.1 Å². The van der Waals surface area contributed by atoms with Crippen LogP contribution in [-0.2, 0) is 16.2 Å². The van der Waals surface area contributed by atoms with Gasteiger partial charge in [-0.3, -0.25) is 19.5 Å². The number of aromatic hydroxyl groups is 1. The van der Waals surface area contributed by atoms with E-state index in [9.17, 15) is 5.11 Å². The van der Waals surface area contributed by atoms with Gasteiger partial charge in [-0.05, 0) is 117 Å². The van der Waals surface area contributed by atoms with Crippen LogP contribution in [0.15, 0.2) is 152 Å². The van der Waals surface area contributed by atoms with E-state index in [0.29, 0.717) is 11.4 Å². The largest absolute Gasteiger partial charge is 0.507 e. The third-order valence-electron chi connectivity index (χ3n) is 11.9. The number of hydrogen-bond donors (Lipinski definition) is 1.